The maximum absolute atomic E-state index is 12.6. The van der Waals surface area contributed by atoms with Crippen molar-refractivity contribution in [2.75, 3.05) is 44.7 Å². The Labute approximate surface area is 185 Å². The summed E-state index contributed by atoms with van der Waals surface area (Å²) in [4.78, 5) is 28.8. The Hall–Kier alpha value is -2.54. The van der Waals surface area contributed by atoms with Gasteiger partial charge >= 0.3 is 0 Å². The number of carbonyl (C=O) groups excluding carboxylic acids is 2. The molecule has 1 unspecified atom stereocenters. The average molecular weight is 424 g/mol. The molecule has 0 aromatic heterocycles. The van der Waals surface area contributed by atoms with Gasteiger partial charge in [-0.1, -0.05) is 30.3 Å². The van der Waals surface area contributed by atoms with Gasteiger partial charge in [0.1, 0.15) is 0 Å². The third kappa shape index (κ3) is 7.58. The Morgan fingerprint density at radius 3 is 2.39 bits per heavy atom. The van der Waals surface area contributed by atoms with Crippen molar-refractivity contribution >= 4 is 17.4 Å². The third-order valence-corrected chi connectivity index (χ3v) is 5.68. The maximum Gasteiger partial charge on any atom is 0.225 e. The van der Waals surface area contributed by atoms with Gasteiger partial charge in [0, 0.05) is 56.4 Å². The first-order valence-corrected chi connectivity index (χ1v) is 11.0. The number of nitrogens with zero attached hydrogens (tertiary/aromatic N) is 2. The number of amides is 1. The molecule has 1 fully saturated rings. The van der Waals surface area contributed by atoms with E-state index in [1.807, 2.05) is 6.07 Å². The van der Waals surface area contributed by atoms with Crippen LogP contribution in [0.1, 0.15) is 36.2 Å². The number of ketones is 1. The fraction of sp³-hybridized carbons (Fsp3) is 0.440. The van der Waals surface area contributed by atoms with Crippen LogP contribution >= 0.6 is 0 Å². The van der Waals surface area contributed by atoms with Crippen molar-refractivity contribution in [3.63, 3.8) is 0 Å². The minimum absolute atomic E-state index is 0.0173. The summed E-state index contributed by atoms with van der Waals surface area (Å²) >= 11 is 0. The second-order valence-electron chi connectivity index (χ2n) is 8.15. The second-order valence-corrected chi connectivity index (χ2v) is 8.15. The van der Waals surface area contributed by atoms with Gasteiger partial charge in [-0.05, 0) is 43.7 Å². The van der Waals surface area contributed by atoms with E-state index in [2.05, 4.69) is 46.3 Å². The Bertz CT molecular complexity index is 833. The molecular formula is C25H33N3O3. The fourth-order valence-electron chi connectivity index (χ4n) is 3.80. The molecule has 6 nitrogen and oxygen atoms in total. The smallest absolute Gasteiger partial charge is 0.225 e. The first kappa shape index (κ1) is 23.1. The number of carbonyl (C=O) groups is 2. The SMILES string of the molecule is CC(=O)c1ccc(NC(=O)CCN(Cc2ccccc2)C(C)CN2CCOCC2)cc1. The van der Waals surface area contributed by atoms with Gasteiger partial charge in [0.05, 0.1) is 13.2 Å². The second kappa shape index (κ2) is 11.7. The highest BCUT2D eigenvalue weighted by molar-refractivity contribution is 5.95. The summed E-state index contributed by atoms with van der Waals surface area (Å²) in [6, 6.07) is 17.7. The van der Waals surface area contributed by atoms with Gasteiger partial charge in [-0.15, -0.1) is 0 Å². The van der Waals surface area contributed by atoms with E-state index >= 15 is 0 Å². The summed E-state index contributed by atoms with van der Waals surface area (Å²) in [7, 11) is 0. The molecule has 2 aromatic rings. The zero-order valence-corrected chi connectivity index (χ0v) is 18.5. The summed E-state index contributed by atoms with van der Waals surface area (Å²) in [5.41, 5.74) is 2.60. The van der Waals surface area contributed by atoms with Crippen molar-refractivity contribution in [2.24, 2.45) is 0 Å². The van der Waals surface area contributed by atoms with E-state index in [0.717, 1.165) is 39.4 Å². The molecule has 2 aromatic carbocycles. The largest absolute Gasteiger partial charge is 0.379 e. The normalized spacial score (nSPS) is 15.6. The minimum atomic E-state index is -0.0211. The molecule has 166 valence electrons. The van der Waals surface area contributed by atoms with Crippen LogP contribution in [0.4, 0.5) is 5.69 Å². The fourth-order valence-corrected chi connectivity index (χ4v) is 3.80. The van der Waals surface area contributed by atoms with Crippen LogP contribution in [0.15, 0.2) is 54.6 Å². The van der Waals surface area contributed by atoms with Crippen molar-refractivity contribution in [3.05, 3.63) is 65.7 Å². The van der Waals surface area contributed by atoms with E-state index in [1.165, 1.54) is 12.5 Å². The van der Waals surface area contributed by atoms with Gasteiger partial charge in [0.25, 0.3) is 0 Å². The van der Waals surface area contributed by atoms with Gasteiger partial charge in [0.15, 0.2) is 5.78 Å². The van der Waals surface area contributed by atoms with Gasteiger partial charge in [-0.3, -0.25) is 19.4 Å². The van der Waals surface area contributed by atoms with Crippen LogP contribution in [0.2, 0.25) is 0 Å². The van der Waals surface area contributed by atoms with Crippen LogP contribution in [0.5, 0.6) is 0 Å². The van der Waals surface area contributed by atoms with Crippen LogP contribution in [0, 0.1) is 0 Å². The molecule has 1 heterocycles. The number of anilines is 1. The lowest BCUT2D eigenvalue weighted by molar-refractivity contribution is -0.116. The molecule has 0 radical (unpaired) electrons. The van der Waals surface area contributed by atoms with Crippen molar-refractivity contribution < 1.29 is 14.3 Å². The van der Waals surface area contributed by atoms with Crippen molar-refractivity contribution in [2.45, 2.75) is 32.9 Å². The Morgan fingerprint density at radius 2 is 1.74 bits per heavy atom. The molecule has 1 aliphatic heterocycles. The van der Waals surface area contributed by atoms with Crippen molar-refractivity contribution in [1.82, 2.24) is 9.80 Å². The summed E-state index contributed by atoms with van der Waals surface area (Å²) in [6.07, 6.45) is 0.411. The number of morpholine rings is 1. The average Bonchev–Trinajstić information content (AvgIpc) is 2.78. The molecule has 6 heteroatoms. The van der Waals surface area contributed by atoms with E-state index in [0.29, 0.717) is 30.3 Å². The molecular weight excluding hydrogens is 390 g/mol. The Balaban J connectivity index is 1.57. The summed E-state index contributed by atoms with van der Waals surface area (Å²) in [6.45, 7) is 9.71. The van der Waals surface area contributed by atoms with Crippen molar-refractivity contribution in [3.8, 4) is 0 Å². The zero-order chi connectivity index (χ0) is 22.1. The highest BCUT2D eigenvalue weighted by Crippen LogP contribution is 2.13. The first-order chi connectivity index (χ1) is 15.0. The standard InChI is InChI=1S/C25H33N3O3/c1-20(18-27-14-16-31-17-15-27)28(19-22-6-4-3-5-7-22)13-12-25(30)26-24-10-8-23(9-11-24)21(2)29/h3-11,20H,12-19H2,1-2H3,(H,26,30). The van der Waals surface area contributed by atoms with Crippen LogP contribution in [-0.2, 0) is 16.1 Å². The Kier molecular flexibility index (Phi) is 8.76. The molecule has 1 atom stereocenters. The van der Waals surface area contributed by atoms with Crippen LogP contribution in [0.3, 0.4) is 0 Å². The predicted molar refractivity (Wildman–Crippen MR) is 123 cm³/mol. The number of hydrogen-bond acceptors (Lipinski definition) is 5. The highest BCUT2D eigenvalue weighted by atomic mass is 16.5. The molecule has 31 heavy (non-hydrogen) atoms. The number of hydrogen-bond donors (Lipinski definition) is 1. The number of nitrogens with one attached hydrogen (secondary N) is 1. The van der Waals surface area contributed by atoms with Crippen LogP contribution < -0.4 is 5.32 Å². The molecule has 1 saturated heterocycles. The lowest BCUT2D eigenvalue weighted by atomic mass is 10.1. The summed E-state index contributed by atoms with van der Waals surface area (Å²) in [5, 5.41) is 2.94. The summed E-state index contributed by atoms with van der Waals surface area (Å²) < 4.78 is 5.47. The van der Waals surface area contributed by atoms with Gasteiger partial charge in [0.2, 0.25) is 5.91 Å². The molecule has 0 aliphatic carbocycles. The topological polar surface area (TPSA) is 61.9 Å². The lowest BCUT2D eigenvalue weighted by Gasteiger charge is -2.35. The third-order valence-electron chi connectivity index (χ3n) is 5.68. The molecule has 0 bridgehead atoms. The highest BCUT2D eigenvalue weighted by Gasteiger charge is 2.20. The molecule has 0 saturated carbocycles. The lowest BCUT2D eigenvalue weighted by Crippen LogP contribution is -2.46. The quantitative estimate of drug-likeness (QED) is 0.593. The number of ether oxygens (including phenoxy) is 1. The van der Waals surface area contributed by atoms with Crippen LogP contribution in [0.25, 0.3) is 0 Å². The number of rotatable bonds is 10. The molecule has 3 rings (SSSR count). The minimum Gasteiger partial charge on any atom is -0.379 e. The van der Waals surface area contributed by atoms with E-state index in [-0.39, 0.29) is 11.7 Å². The summed E-state index contributed by atoms with van der Waals surface area (Å²) in [5.74, 6) is -0.00380. The predicted octanol–water partition coefficient (Wildman–Crippen LogP) is 3.44. The van der Waals surface area contributed by atoms with E-state index in [4.69, 9.17) is 4.74 Å². The molecule has 1 aliphatic rings. The van der Waals surface area contributed by atoms with Crippen molar-refractivity contribution in [1.29, 1.82) is 0 Å². The maximum atomic E-state index is 12.6. The van der Waals surface area contributed by atoms with Gasteiger partial charge < -0.3 is 10.1 Å². The zero-order valence-electron chi connectivity index (χ0n) is 18.5. The van der Waals surface area contributed by atoms with Crippen LogP contribution in [-0.4, -0.2) is 66.9 Å². The number of benzene rings is 2. The van der Waals surface area contributed by atoms with E-state index < -0.39 is 0 Å². The first-order valence-electron chi connectivity index (χ1n) is 11.0. The van der Waals surface area contributed by atoms with Gasteiger partial charge in [-0.25, -0.2) is 0 Å². The number of Topliss-reactive ketones (excluding diaryl/α,β-unsaturated/α-hetero) is 1. The Morgan fingerprint density at radius 1 is 1.06 bits per heavy atom. The van der Waals surface area contributed by atoms with E-state index in [9.17, 15) is 9.59 Å². The molecule has 1 amide bonds. The van der Waals surface area contributed by atoms with E-state index in [1.54, 1.807) is 24.3 Å². The molecule has 0 spiro atoms. The monoisotopic (exact) mass is 423 g/mol. The van der Waals surface area contributed by atoms with Gasteiger partial charge in [-0.2, -0.15) is 0 Å². The molecule has 1 N–H and O–H groups in total.